The summed E-state index contributed by atoms with van der Waals surface area (Å²) in [7, 11) is 0. The molecule has 4 aliphatic carbocycles. The predicted octanol–water partition coefficient (Wildman–Crippen LogP) is 10.5. The molecule has 3 fully saturated rings. The second-order valence-corrected chi connectivity index (χ2v) is 15.3. The molecular formula is C36H63NO2. The molecule has 0 heterocycles. The van der Waals surface area contributed by atoms with Crippen molar-refractivity contribution in [2.45, 2.75) is 157 Å². The maximum atomic E-state index is 12.5. The standard InChI is InChI=1S/C36H63NO2/c1-7-8-9-10-11-12-24-37-34(38)39-29-20-22-35(5)28(25-29)16-17-30-32-19-18-31(27(4)15-13-14-26(2)3)36(32,6)23-21-33(30)35/h16,26-27,29-33H,7-15,17-25H2,1-6H3,(H,37,38)/t27-,29+,30?,31-,32?,33?,35+,36-/m0/s1. The van der Waals surface area contributed by atoms with E-state index >= 15 is 0 Å². The fraction of sp³-hybridized carbons (Fsp3) is 0.917. The fourth-order valence-electron chi connectivity index (χ4n) is 10.0. The van der Waals surface area contributed by atoms with Crippen molar-refractivity contribution in [2.75, 3.05) is 6.54 Å². The number of nitrogens with one attached hydrogen (secondary N) is 1. The Morgan fingerprint density at radius 2 is 1.72 bits per heavy atom. The van der Waals surface area contributed by atoms with Crippen LogP contribution in [0.15, 0.2) is 11.6 Å². The third-order valence-electron chi connectivity index (χ3n) is 12.3. The van der Waals surface area contributed by atoms with Crippen LogP contribution in [0, 0.1) is 46.3 Å². The largest absolute Gasteiger partial charge is 0.446 e. The Balaban J connectivity index is 1.29. The molecule has 4 rings (SSSR count). The van der Waals surface area contributed by atoms with Crippen LogP contribution in [0.1, 0.15) is 151 Å². The minimum atomic E-state index is -0.195. The number of carbonyl (C=O) groups is 1. The maximum Gasteiger partial charge on any atom is 0.407 e. The van der Waals surface area contributed by atoms with Gasteiger partial charge >= 0.3 is 6.09 Å². The second kappa shape index (κ2) is 13.8. The smallest absolute Gasteiger partial charge is 0.407 e. The molecule has 3 saturated carbocycles. The van der Waals surface area contributed by atoms with Gasteiger partial charge in [-0.15, -0.1) is 0 Å². The van der Waals surface area contributed by atoms with E-state index in [1.54, 1.807) is 5.57 Å². The highest BCUT2D eigenvalue weighted by molar-refractivity contribution is 5.67. The first-order valence-corrected chi connectivity index (χ1v) is 17.3. The van der Waals surface area contributed by atoms with Crippen molar-refractivity contribution in [2.24, 2.45) is 46.3 Å². The molecule has 0 aromatic heterocycles. The summed E-state index contributed by atoms with van der Waals surface area (Å²) in [6.07, 6.45) is 24.4. The molecule has 224 valence electrons. The summed E-state index contributed by atoms with van der Waals surface area (Å²) in [5.74, 6) is 5.23. The van der Waals surface area contributed by atoms with Gasteiger partial charge in [0, 0.05) is 13.0 Å². The minimum absolute atomic E-state index is 0.0573. The SMILES string of the molecule is CCCCCCCCNC(=O)O[C@@H]1CC[C@]2(C)C(=CCC3C2CC[C@]2(C)C3CC[C@H]2[C@@H](C)CCCC(C)C)C1. The summed E-state index contributed by atoms with van der Waals surface area (Å²) in [6, 6.07) is 0. The molecular weight excluding hydrogens is 478 g/mol. The lowest BCUT2D eigenvalue weighted by Gasteiger charge is -2.58. The van der Waals surface area contributed by atoms with Gasteiger partial charge in [0.25, 0.3) is 0 Å². The summed E-state index contributed by atoms with van der Waals surface area (Å²) in [4.78, 5) is 12.5. The van der Waals surface area contributed by atoms with Crippen molar-refractivity contribution >= 4 is 6.09 Å². The Morgan fingerprint density at radius 3 is 2.49 bits per heavy atom. The van der Waals surface area contributed by atoms with Gasteiger partial charge < -0.3 is 10.1 Å². The zero-order valence-electron chi connectivity index (χ0n) is 26.7. The predicted molar refractivity (Wildman–Crippen MR) is 165 cm³/mol. The van der Waals surface area contributed by atoms with Crippen molar-refractivity contribution < 1.29 is 9.53 Å². The average Bonchev–Trinajstić information content (AvgIpc) is 3.25. The fourth-order valence-corrected chi connectivity index (χ4v) is 10.0. The molecule has 3 nitrogen and oxygen atoms in total. The molecule has 8 atom stereocenters. The van der Waals surface area contributed by atoms with Gasteiger partial charge in [0.1, 0.15) is 6.10 Å². The van der Waals surface area contributed by atoms with Crippen LogP contribution >= 0.6 is 0 Å². The number of fused-ring (bicyclic) bond motifs is 5. The first-order chi connectivity index (χ1) is 18.7. The van der Waals surface area contributed by atoms with Crippen molar-refractivity contribution in [3.8, 4) is 0 Å². The Morgan fingerprint density at radius 1 is 0.949 bits per heavy atom. The number of alkyl carbamates (subject to hydrolysis) is 1. The van der Waals surface area contributed by atoms with Crippen LogP contribution in [0.4, 0.5) is 4.79 Å². The monoisotopic (exact) mass is 541 g/mol. The molecule has 1 amide bonds. The van der Waals surface area contributed by atoms with Crippen LogP contribution in [0.5, 0.6) is 0 Å². The minimum Gasteiger partial charge on any atom is -0.446 e. The van der Waals surface area contributed by atoms with Crippen LogP contribution in [0.3, 0.4) is 0 Å². The van der Waals surface area contributed by atoms with E-state index in [-0.39, 0.29) is 12.2 Å². The maximum absolute atomic E-state index is 12.5. The van der Waals surface area contributed by atoms with Gasteiger partial charge in [-0.25, -0.2) is 4.79 Å². The van der Waals surface area contributed by atoms with E-state index in [9.17, 15) is 4.79 Å². The van der Waals surface area contributed by atoms with Gasteiger partial charge in [0.05, 0.1) is 0 Å². The number of unbranched alkanes of at least 4 members (excludes halogenated alkanes) is 5. The number of amides is 1. The first kappa shape index (κ1) is 31.0. The zero-order chi connectivity index (χ0) is 28.0. The molecule has 0 aromatic carbocycles. The van der Waals surface area contributed by atoms with Gasteiger partial charge in [-0.05, 0) is 97.7 Å². The Labute approximate surface area is 242 Å². The summed E-state index contributed by atoms with van der Waals surface area (Å²) in [5, 5.41) is 3.03. The molecule has 0 radical (unpaired) electrons. The molecule has 0 spiro atoms. The molecule has 1 N–H and O–H groups in total. The number of hydrogen-bond donors (Lipinski definition) is 1. The van der Waals surface area contributed by atoms with E-state index in [0.29, 0.717) is 10.8 Å². The summed E-state index contributed by atoms with van der Waals surface area (Å²) < 4.78 is 5.95. The first-order valence-electron chi connectivity index (χ1n) is 17.3. The van der Waals surface area contributed by atoms with E-state index in [4.69, 9.17) is 4.74 Å². The van der Waals surface area contributed by atoms with Crippen molar-refractivity contribution in [3.05, 3.63) is 11.6 Å². The van der Waals surface area contributed by atoms with E-state index in [1.165, 1.54) is 89.9 Å². The molecule has 0 aliphatic heterocycles. The quantitative estimate of drug-likeness (QED) is 0.186. The van der Waals surface area contributed by atoms with E-state index in [2.05, 4.69) is 52.9 Å². The lowest BCUT2D eigenvalue weighted by molar-refractivity contribution is -0.0581. The third kappa shape index (κ3) is 7.09. The highest BCUT2D eigenvalue weighted by atomic mass is 16.6. The van der Waals surface area contributed by atoms with Gasteiger partial charge in [-0.1, -0.05) is 105 Å². The lowest BCUT2D eigenvalue weighted by atomic mass is 9.47. The highest BCUT2D eigenvalue weighted by Gasteiger charge is 2.59. The van der Waals surface area contributed by atoms with E-state index in [0.717, 1.165) is 61.3 Å². The normalized spacial score (nSPS) is 36.5. The third-order valence-corrected chi connectivity index (χ3v) is 12.3. The summed E-state index contributed by atoms with van der Waals surface area (Å²) in [6.45, 7) is 15.6. The average molecular weight is 542 g/mol. The van der Waals surface area contributed by atoms with Gasteiger partial charge in [-0.3, -0.25) is 0 Å². The number of hydrogen-bond acceptors (Lipinski definition) is 2. The van der Waals surface area contributed by atoms with E-state index < -0.39 is 0 Å². The number of rotatable bonds is 13. The van der Waals surface area contributed by atoms with Crippen LogP contribution in [-0.4, -0.2) is 18.7 Å². The number of ether oxygens (including phenoxy) is 1. The molecule has 4 aliphatic rings. The molecule has 0 bridgehead atoms. The zero-order valence-corrected chi connectivity index (χ0v) is 26.7. The van der Waals surface area contributed by atoms with Crippen molar-refractivity contribution in [1.29, 1.82) is 0 Å². The second-order valence-electron chi connectivity index (χ2n) is 15.3. The van der Waals surface area contributed by atoms with Crippen LogP contribution in [-0.2, 0) is 4.74 Å². The summed E-state index contributed by atoms with van der Waals surface area (Å²) in [5.41, 5.74) is 2.48. The van der Waals surface area contributed by atoms with Crippen molar-refractivity contribution in [1.82, 2.24) is 5.32 Å². The highest BCUT2D eigenvalue weighted by Crippen LogP contribution is 2.67. The van der Waals surface area contributed by atoms with Crippen molar-refractivity contribution in [3.63, 3.8) is 0 Å². The topological polar surface area (TPSA) is 38.3 Å². The van der Waals surface area contributed by atoms with Gasteiger partial charge in [0.2, 0.25) is 0 Å². The molecule has 3 heteroatoms. The van der Waals surface area contributed by atoms with E-state index in [1.807, 2.05) is 0 Å². The Hall–Kier alpha value is -0.990. The molecule has 0 aromatic rings. The molecule has 0 saturated heterocycles. The van der Waals surface area contributed by atoms with Gasteiger partial charge in [0.15, 0.2) is 0 Å². The number of carbonyl (C=O) groups excluding carboxylic acids is 1. The molecule has 39 heavy (non-hydrogen) atoms. The Bertz CT molecular complexity index is 819. The Kier molecular flexibility index (Phi) is 10.9. The molecule has 3 unspecified atom stereocenters. The van der Waals surface area contributed by atoms with Gasteiger partial charge in [-0.2, -0.15) is 0 Å². The lowest BCUT2D eigenvalue weighted by Crippen LogP contribution is -2.51. The number of allylic oxidation sites excluding steroid dienone is 1. The van der Waals surface area contributed by atoms with Crippen LogP contribution in [0.2, 0.25) is 0 Å². The summed E-state index contributed by atoms with van der Waals surface area (Å²) >= 11 is 0. The van der Waals surface area contributed by atoms with Crippen LogP contribution in [0.25, 0.3) is 0 Å². The van der Waals surface area contributed by atoms with Crippen LogP contribution < -0.4 is 5.32 Å².